The molecule has 0 saturated carbocycles. The van der Waals surface area contributed by atoms with Gasteiger partial charge in [-0.25, -0.2) is 0 Å². The van der Waals surface area contributed by atoms with Gasteiger partial charge >= 0.3 is 0 Å². The van der Waals surface area contributed by atoms with Gasteiger partial charge in [0.2, 0.25) is 0 Å². The molecule has 0 aliphatic carbocycles. The van der Waals surface area contributed by atoms with Crippen LogP contribution < -0.4 is 0 Å². The maximum absolute atomic E-state index is 9.01. The zero-order chi connectivity index (χ0) is 7.72. The molecular weight excluding hydrogens is 212 g/mol. The summed E-state index contributed by atoms with van der Waals surface area (Å²) in [6, 6.07) is 1.86. The average molecular weight is 219 g/mol. The van der Waals surface area contributed by atoms with Crippen molar-refractivity contribution < 1.29 is 5.11 Å². The Morgan fingerprint density at radius 1 is 1.80 bits per heavy atom. The lowest BCUT2D eigenvalue weighted by molar-refractivity contribution is 0.513. The molecule has 0 aliphatic heterocycles. The van der Waals surface area contributed by atoms with E-state index in [0.29, 0.717) is 0 Å². The first-order valence-electron chi connectivity index (χ1n) is 2.75. The topological polar surface area (TPSA) is 20.2 Å². The van der Waals surface area contributed by atoms with Crippen LogP contribution in [0, 0.1) is 6.92 Å². The molecule has 0 atom stereocenters. The van der Waals surface area contributed by atoms with Gasteiger partial charge in [0.05, 0.1) is 3.79 Å². The highest BCUT2D eigenvalue weighted by molar-refractivity contribution is 9.11. The Balaban J connectivity index is 3.15. The number of rotatable bonds is 1. The van der Waals surface area contributed by atoms with E-state index in [0.717, 1.165) is 14.2 Å². The van der Waals surface area contributed by atoms with Gasteiger partial charge in [0.15, 0.2) is 0 Å². The molecule has 0 unspecified atom stereocenters. The molecule has 1 aromatic heterocycles. The molecule has 54 valence electrons. The Hall–Kier alpha value is -0.280. The third-order valence-corrected chi connectivity index (χ3v) is 2.75. The van der Waals surface area contributed by atoms with Gasteiger partial charge in [0.25, 0.3) is 0 Å². The van der Waals surface area contributed by atoms with Gasteiger partial charge in [-0.2, -0.15) is 0 Å². The number of hydrogen-bond acceptors (Lipinski definition) is 2. The largest absolute Gasteiger partial charge is 0.508 e. The predicted octanol–water partition coefficient (Wildman–Crippen LogP) is 3.35. The fourth-order valence-electron chi connectivity index (χ4n) is 0.732. The maximum Gasteiger partial charge on any atom is 0.116 e. The van der Waals surface area contributed by atoms with E-state index in [-0.39, 0.29) is 5.76 Å². The Bertz CT molecular complexity index is 265. The standard InChI is InChI=1S/C7H7BrOS/c1-4(9)6-3-7(8)10-5(6)2/h3,9H,1H2,2H3. The summed E-state index contributed by atoms with van der Waals surface area (Å²) in [6.45, 7) is 5.39. The molecule has 0 amide bonds. The zero-order valence-electron chi connectivity index (χ0n) is 5.52. The van der Waals surface area contributed by atoms with Crippen molar-refractivity contribution in [3.63, 3.8) is 0 Å². The molecule has 1 nitrogen and oxygen atoms in total. The highest BCUT2D eigenvalue weighted by atomic mass is 79.9. The summed E-state index contributed by atoms with van der Waals surface area (Å²) in [5.41, 5.74) is 0.830. The van der Waals surface area contributed by atoms with Crippen LogP contribution in [0.15, 0.2) is 16.4 Å². The Morgan fingerprint density at radius 2 is 2.40 bits per heavy atom. The number of aryl methyl sites for hydroxylation is 1. The Morgan fingerprint density at radius 3 is 2.60 bits per heavy atom. The van der Waals surface area contributed by atoms with Crippen molar-refractivity contribution in [3.8, 4) is 0 Å². The second-order valence-electron chi connectivity index (χ2n) is 1.97. The van der Waals surface area contributed by atoms with E-state index in [1.54, 1.807) is 11.3 Å². The number of hydrogen-bond donors (Lipinski definition) is 1. The molecule has 0 aliphatic rings. The average Bonchev–Trinajstić information content (AvgIpc) is 2.10. The number of halogens is 1. The van der Waals surface area contributed by atoms with E-state index < -0.39 is 0 Å². The van der Waals surface area contributed by atoms with E-state index >= 15 is 0 Å². The minimum absolute atomic E-state index is 0.138. The maximum atomic E-state index is 9.01. The van der Waals surface area contributed by atoms with Crippen LogP contribution in [0.3, 0.4) is 0 Å². The molecule has 0 spiro atoms. The van der Waals surface area contributed by atoms with Crippen LogP contribution in [-0.2, 0) is 0 Å². The van der Waals surface area contributed by atoms with Gasteiger partial charge in [0, 0.05) is 10.4 Å². The van der Waals surface area contributed by atoms with E-state index in [2.05, 4.69) is 22.5 Å². The van der Waals surface area contributed by atoms with Crippen LogP contribution in [0.4, 0.5) is 0 Å². The van der Waals surface area contributed by atoms with Crippen LogP contribution in [0.5, 0.6) is 0 Å². The Kier molecular flexibility index (Phi) is 2.16. The first kappa shape index (κ1) is 7.82. The fourth-order valence-corrected chi connectivity index (χ4v) is 2.45. The van der Waals surface area contributed by atoms with Gasteiger partial charge < -0.3 is 5.11 Å². The van der Waals surface area contributed by atoms with Crippen LogP contribution in [-0.4, -0.2) is 5.11 Å². The molecule has 1 heterocycles. The van der Waals surface area contributed by atoms with E-state index in [9.17, 15) is 0 Å². The van der Waals surface area contributed by atoms with Crippen LogP contribution in [0.2, 0.25) is 0 Å². The summed E-state index contributed by atoms with van der Waals surface area (Å²) in [4.78, 5) is 1.08. The minimum Gasteiger partial charge on any atom is -0.508 e. The summed E-state index contributed by atoms with van der Waals surface area (Å²) < 4.78 is 1.02. The molecular formula is C7H7BrOS. The summed E-state index contributed by atoms with van der Waals surface area (Å²) in [5.74, 6) is 0.138. The lowest BCUT2D eigenvalue weighted by Gasteiger charge is -1.92. The normalized spacial score (nSPS) is 9.80. The van der Waals surface area contributed by atoms with Crippen molar-refractivity contribution in [3.05, 3.63) is 26.9 Å². The highest BCUT2D eigenvalue weighted by Gasteiger charge is 2.04. The molecule has 1 rings (SSSR count). The molecule has 1 N–H and O–H groups in total. The fraction of sp³-hybridized carbons (Fsp3) is 0.143. The Labute approximate surface area is 72.1 Å². The van der Waals surface area contributed by atoms with Crippen molar-refractivity contribution in [2.24, 2.45) is 0 Å². The SMILES string of the molecule is C=C(O)c1cc(Br)sc1C. The lowest BCUT2D eigenvalue weighted by Crippen LogP contribution is -1.76. The molecule has 3 heteroatoms. The van der Waals surface area contributed by atoms with E-state index in [4.69, 9.17) is 5.11 Å². The third-order valence-electron chi connectivity index (χ3n) is 1.20. The second kappa shape index (κ2) is 2.76. The second-order valence-corrected chi connectivity index (χ2v) is 4.60. The number of aliphatic hydroxyl groups excluding tert-OH is 1. The monoisotopic (exact) mass is 218 g/mol. The summed E-state index contributed by atoms with van der Waals surface area (Å²) in [7, 11) is 0. The molecule has 0 bridgehead atoms. The summed E-state index contributed by atoms with van der Waals surface area (Å²) >= 11 is 4.91. The third kappa shape index (κ3) is 1.41. The smallest absolute Gasteiger partial charge is 0.116 e. The van der Waals surface area contributed by atoms with Crippen molar-refractivity contribution in [2.75, 3.05) is 0 Å². The minimum atomic E-state index is 0.138. The van der Waals surface area contributed by atoms with Crippen molar-refractivity contribution >= 4 is 33.0 Å². The quantitative estimate of drug-likeness (QED) is 0.718. The number of thiophene rings is 1. The van der Waals surface area contributed by atoms with Crippen LogP contribution >= 0.6 is 27.3 Å². The lowest BCUT2D eigenvalue weighted by atomic mass is 10.2. The molecule has 1 aromatic rings. The summed E-state index contributed by atoms with van der Waals surface area (Å²) in [6.07, 6.45) is 0. The molecule has 0 aromatic carbocycles. The molecule has 0 saturated heterocycles. The first-order valence-corrected chi connectivity index (χ1v) is 4.36. The van der Waals surface area contributed by atoms with Crippen LogP contribution in [0.25, 0.3) is 5.76 Å². The van der Waals surface area contributed by atoms with Crippen molar-refractivity contribution in [1.29, 1.82) is 0 Å². The predicted molar refractivity (Wildman–Crippen MR) is 48.4 cm³/mol. The molecule has 0 radical (unpaired) electrons. The van der Waals surface area contributed by atoms with Gasteiger partial charge in [-0.3, -0.25) is 0 Å². The van der Waals surface area contributed by atoms with Crippen LogP contribution in [0.1, 0.15) is 10.4 Å². The molecule has 10 heavy (non-hydrogen) atoms. The van der Waals surface area contributed by atoms with Crippen molar-refractivity contribution in [2.45, 2.75) is 6.92 Å². The van der Waals surface area contributed by atoms with Gasteiger partial charge in [-0.05, 0) is 28.9 Å². The molecule has 0 fully saturated rings. The van der Waals surface area contributed by atoms with Crippen molar-refractivity contribution in [1.82, 2.24) is 0 Å². The zero-order valence-corrected chi connectivity index (χ0v) is 7.92. The first-order chi connectivity index (χ1) is 4.61. The van der Waals surface area contributed by atoms with Gasteiger partial charge in [-0.15, -0.1) is 11.3 Å². The van der Waals surface area contributed by atoms with Gasteiger partial charge in [-0.1, -0.05) is 6.58 Å². The summed E-state index contributed by atoms with van der Waals surface area (Å²) in [5, 5.41) is 9.01. The van der Waals surface area contributed by atoms with Gasteiger partial charge in [0.1, 0.15) is 5.76 Å². The van der Waals surface area contributed by atoms with E-state index in [1.807, 2.05) is 13.0 Å². The van der Waals surface area contributed by atoms with E-state index in [1.165, 1.54) is 0 Å². The number of aliphatic hydroxyl groups is 1. The highest BCUT2D eigenvalue weighted by Crippen LogP contribution is 2.29.